The molecule has 96 valence electrons. The topological polar surface area (TPSA) is 74.2 Å². The molecular weight excluding hydrogens is 249 g/mol. The number of halogens is 1. The molecule has 1 aromatic heterocycles. The second-order valence-corrected chi connectivity index (χ2v) is 4.10. The smallest absolute Gasteiger partial charge is 0.179 e. The molecule has 0 saturated carbocycles. The van der Waals surface area contributed by atoms with E-state index >= 15 is 0 Å². The van der Waals surface area contributed by atoms with E-state index in [0.717, 1.165) is 0 Å². The summed E-state index contributed by atoms with van der Waals surface area (Å²) in [4.78, 5) is 0. The van der Waals surface area contributed by atoms with Gasteiger partial charge in [0.05, 0.1) is 5.69 Å². The predicted octanol–water partition coefficient (Wildman–Crippen LogP) is 3.04. The van der Waals surface area contributed by atoms with Crippen molar-refractivity contribution in [3.63, 3.8) is 0 Å². The summed E-state index contributed by atoms with van der Waals surface area (Å²) in [6.45, 7) is 1.67. The average molecular weight is 259 g/mol. The first-order chi connectivity index (χ1) is 9.16. The Labute approximate surface area is 107 Å². The SMILES string of the molecule is Cc1cccc(Oc2ccc(N)c3nonc23)c1F. The highest BCUT2D eigenvalue weighted by atomic mass is 19.1. The van der Waals surface area contributed by atoms with E-state index in [1.165, 1.54) is 6.07 Å². The van der Waals surface area contributed by atoms with E-state index in [1.54, 1.807) is 31.2 Å². The second kappa shape index (κ2) is 4.24. The van der Waals surface area contributed by atoms with Crippen molar-refractivity contribution in [2.24, 2.45) is 0 Å². The minimum atomic E-state index is -0.413. The fourth-order valence-corrected chi connectivity index (χ4v) is 1.76. The summed E-state index contributed by atoms with van der Waals surface area (Å²) < 4.78 is 24.0. The van der Waals surface area contributed by atoms with Crippen LogP contribution >= 0.6 is 0 Å². The van der Waals surface area contributed by atoms with Gasteiger partial charge in [0.25, 0.3) is 0 Å². The Balaban J connectivity index is 2.09. The van der Waals surface area contributed by atoms with Crippen LogP contribution in [0.5, 0.6) is 11.5 Å². The number of fused-ring (bicyclic) bond motifs is 1. The minimum Gasteiger partial charge on any atom is -0.452 e. The van der Waals surface area contributed by atoms with Crippen LogP contribution in [0.15, 0.2) is 35.0 Å². The Morgan fingerprint density at radius 3 is 2.74 bits per heavy atom. The van der Waals surface area contributed by atoms with Gasteiger partial charge in [-0.2, -0.15) is 0 Å². The summed E-state index contributed by atoms with van der Waals surface area (Å²) in [6, 6.07) is 8.12. The quantitative estimate of drug-likeness (QED) is 0.716. The molecule has 0 spiro atoms. The summed E-state index contributed by atoms with van der Waals surface area (Å²) in [5.74, 6) is 0.0490. The highest BCUT2D eigenvalue weighted by Gasteiger charge is 2.14. The molecule has 2 N–H and O–H groups in total. The van der Waals surface area contributed by atoms with Crippen LogP contribution in [-0.4, -0.2) is 10.3 Å². The zero-order valence-electron chi connectivity index (χ0n) is 10.1. The lowest BCUT2D eigenvalue weighted by atomic mass is 10.2. The van der Waals surface area contributed by atoms with Crippen molar-refractivity contribution in [1.82, 2.24) is 10.3 Å². The third-order valence-electron chi connectivity index (χ3n) is 2.79. The molecule has 0 aliphatic carbocycles. The molecule has 0 unspecified atom stereocenters. The number of hydrogen-bond acceptors (Lipinski definition) is 5. The van der Waals surface area contributed by atoms with Gasteiger partial charge in [0, 0.05) is 0 Å². The molecule has 19 heavy (non-hydrogen) atoms. The molecule has 0 fully saturated rings. The van der Waals surface area contributed by atoms with Gasteiger partial charge < -0.3 is 10.5 Å². The largest absolute Gasteiger partial charge is 0.452 e. The number of nitrogens with zero attached hydrogens (tertiary/aromatic N) is 2. The van der Waals surface area contributed by atoms with Gasteiger partial charge in [-0.05, 0) is 41.0 Å². The van der Waals surface area contributed by atoms with Crippen LogP contribution in [0.2, 0.25) is 0 Å². The summed E-state index contributed by atoms with van der Waals surface area (Å²) in [5.41, 5.74) is 7.41. The van der Waals surface area contributed by atoms with E-state index < -0.39 is 5.82 Å². The number of rotatable bonds is 2. The third kappa shape index (κ3) is 1.87. The predicted molar refractivity (Wildman–Crippen MR) is 67.4 cm³/mol. The van der Waals surface area contributed by atoms with Gasteiger partial charge in [-0.3, -0.25) is 0 Å². The van der Waals surface area contributed by atoms with E-state index in [9.17, 15) is 4.39 Å². The number of benzene rings is 2. The molecule has 3 rings (SSSR count). The molecule has 6 heteroatoms. The highest BCUT2D eigenvalue weighted by Crippen LogP contribution is 2.32. The van der Waals surface area contributed by atoms with Crippen LogP contribution in [0.4, 0.5) is 10.1 Å². The minimum absolute atomic E-state index is 0.120. The molecule has 0 amide bonds. The maximum absolute atomic E-state index is 13.9. The van der Waals surface area contributed by atoms with Gasteiger partial charge in [0.1, 0.15) is 0 Å². The summed E-state index contributed by atoms with van der Waals surface area (Å²) >= 11 is 0. The highest BCUT2D eigenvalue weighted by molar-refractivity contribution is 5.90. The van der Waals surface area contributed by atoms with Gasteiger partial charge in [0.15, 0.2) is 28.3 Å². The number of ether oxygens (including phenoxy) is 1. The molecule has 2 aromatic carbocycles. The molecule has 0 saturated heterocycles. The zero-order chi connectivity index (χ0) is 13.4. The molecule has 0 bridgehead atoms. The summed E-state index contributed by atoms with van der Waals surface area (Å²) in [5, 5.41) is 7.39. The van der Waals surface area contributed by atoms with Gasteiger partial charge in [-0.1, -0.05) is 12.1 Å². The molecule has 0 aliphatic heterocycles. The van der Waals surface area contributed by atoms with Crippen LogP contribution in [0, 0.1) is 12.7 Å². The number of aryl methyl sites for hydroxylation is 1. The summed E-state index contributed by atoms with van der Waals surface area (Å²) in [7, 11) is 0. The Kier molecular flexibility index (Phi) is 2.56. The van der Waals surface area contributed by atoms with Gasteiger partial charge >= 0.3 is 0 Å². The van der Waals surface area contributed by atoms with Crippen LogP contribution in [-0.2, 0) is 0 Å². The molecule has 0 atom stereocenters. The van der Waals surface area contributed by atoms with Crippen molar-refractivity contribution in [2.75, 3.05) is 5.73 Å². The number of nitrogens with two attached hydrogens (primary N) is 1. The average Bonchev–Trinajstić information content (AvgIpc) is 2.88. The molecule has 0 aliphatic rings. The van der Waals surface area contributed by atoms with Gasteiger partial charge in [-0.25, -0.2) is 9.02 Å². The van der Waals surface area contributed by atoms with Crippen molar-refractivity contribution in [3.8, 4) is 11.5 Å². The fraction of sp³-hybridized carbons (Fsp3) is 0.0769. The lowest BCUT2D eigenvalue weighted by Crippen LogP contribution is -1.93. The monoisotopic (exact) mass is 259 g/mol. The Bertz CT molecular complexity index is 755. The van der Waals surface area contributed by atoms with Crippen LogP contribution in [0.1, 0.15) is 5.56 Å². The molecule has 1 heterocycles. The maximum atomic E-state index is 13.9. The van der Waals surface area contributed by atoms with Crippen molar-refractivity contribution in [3.05, 3.63) is 41.7 Å². The summed E-state index contributed by atoms with van der Waals surface area (Å²) in [6.07, 6.45) is 0. The number of anilines is 1. The van der Waals surface area contributed by atoms with E-state index in [-0.39, 0.29) is 5.75 Å². The van der Waals surface area contributed by atoms with Crippen LogP contribution in [0.3, 0.4) is 0 Å². The standard InChI is InChI=1S/C13H10FN3O2/c1-7-3-2-4-9(11(7)14)18-10-6-5-8(15)12-13(10)17-19-16-12/h2-6H,15H2,1H3. The number of nitrogen functional groups attached to an aromatic ring is 1. The Morgan fingerprint density at radius 2 is 1.89 bits per heavy atom. The number of aromatic nitrogens is 2. The van der Waals surface area contributed by atoms with E-state index in [4.69, 9.17) is 10.5 Å². The first-order valence-electron chi connectivity index (χ1n) is 5.60. The molecule has 3 aromatic rings. The maximum Gasteiger partial charge on any atom is 0.179 e. The van der Waals surface area contributed by atoms with Gasteiger partial charge in [0.2, 0.25) is 0 Å². The Hall–Kier alpha value is -2.63. The van der Waals surface area contributed by atoms with E-state index in [0.29, 0.717) is 28.0 Å². The normalized spacial score (nSPS) is 10.8. The van der Waals surface area contributed by atoms with Crippen molar-refractivity contribution >= 4 is 16.7 Å². The molecule has 0 radical (unpaired) electrons. The lowest BCUT2D eigenvalue weighted by molar-refractivity contribution is 0.314. The van der Waals surface area contributed by atoms with Gasteiger partial charge in [-0.15, -0.1) is 0 Å². The van der Waals surface area contributed by atoms with Crippen LogP contribution in [0.25, 0.3) is 11.0 Å². The van der Waals surface area contributed by atoms with Crippen LogP contribution < -0.4 is 10.5 Å². The van der Waals surface area contributed by atoms with E-state index in [1.807, 2.05) is 0 Å². The van der Waals surface area contributed by atoms with Crippen molar-refractivity contribution in [1.29, 1.82) is 0 Å². The molecular formula is C13H10FN3O2. The third-order valence-corrected chi connectivity index (χ3v) is 2.79. The van der Waals surface area contributed by atoms with Crippen molar-refractivity contribution in [2.45, 2.75) is 6.92 Å². The molecule has 5 nitrogen and oxygen atoms in total. The first kappa shape index (κ1) is 11.5. The zero-order valence-corrected chi connectivity index (χ0v) is 10.1. The first-order valence-corrected chi connectivity index (χ1v) is 5.60. The Morgan fingerprint density at radius 1 is 1.11 bits per heavy atom. The fourth-order valence-electron chi connectivity index (χ4n) is 1.76. The lowest BCUT2D eigenvalue weighted by Gasteiger charge is -2.08. The number of hydrogen-bond donors (Lipinski definition) is 1. The van der Waals surface area contributed by atoms with Crippen molar-refractivity contribution < 1.29 is 13.8 Å². The second-order valence-electron chi connectivity index (χ2n) is 4.10. The van der Waals surface area contributed by atoms with E-state index in [2.05, 4.69) is 14.9 Å².